The lowest BCUT2D eigenvalue weighted by molar-refractivity contribution is 0.662. The maximum Gasteiger partial charge on any atom is 0.0490 e. The van der Waals surface area contributed by atoms with Crippen LogP contribution in [0.5, 0.6) is 0 Å². The molecule has 0 fully saturated rings. The fraction of sp³-hybridized carbons (Fsp3) is 0.571. The smallest absolute Gasteiger partial charge is 0.0490 e. The summed E-state index contributed by atoms with van der Waals surface area (Å²) < 4.78 is 0. The molecule has 3 nitrogen and oxygen atoms in total. The van der Waals surface area contributed by atoms with Crippen molar-refractivity contribution >= 4 is 0 Å². The van der Waals surface area contributed by atoms with Gasteiger partial charge in [0.1, 0.15) is 0 Å². The van der Waals surface area contributed by atoms with E-state index in [1.807, 2.05) is 6.07 Å². The molecule has 0 atom stereocenters. The second-order valence-corrected chi connectivity index (χ2v) is 2.26. The van der Waals surface area contributed by atoms with Crippen LogP contribution in [0, 0.1) is 0 Å². The van der Waals surface area contributed by atoms with Crippen LogP contribution in [0.2, 0.25) is 0 Å². The van der Waals surface area contributed by atoms with Gasteiger partial charge < -0.3 is 5.32 Å². The lowest BCUT2D eigenvalue weighted by Crippen LogP contribution is -2.13. The number of hydrogen-bond acceptors (Lipinski definition) is 2. The molecule has 0 aliphatic rings. The Morgan fingerprint density at radius 1 is 1.70 bits per heavy atom. The van der Waals surface area contributed by atoms with Crippen LogP contribution in [-0.2, 0) is 6.54 Å². The zero-order chi connectivity index (χ0) is 7.23. The third-order valence-corrected chi connectivity index (χ3v) is 1.30. The Kier molecular flexibility index (Phi) is 2.96. The highest BCUT2D eigenvalue weighted by Gasteiger charge is 1.89. The van der Waals surface area contributed by atoms with Crippen molar-refractivity contribution in [3.63, 3.8) is 0 Å². The normalized spacial score (nSPS) is 10.1. The van der Waals surface area contributed by atoms with Crippen molar-refractivity contribution in [2.24, 2.45) is 0 Å². The van der Waals surface area contributed by atoms with Gasteiger partial charge in [-0.25, -0.2) is 0 Å². The van der Waals surface area contributed by atoms with Gasteiger partial charge in [0.05, 0.1) is 0 Å². The van der Waals surface area contributed by atoms with E-state index in [0.29, 0.717) is 0 Å². The lowest BCUT2D eigenvalue weighted by atomic mass is 10.4. The Labute approximate surface area is 60.8 Å². The van der Waals surface area contributed by atoms with Crippen molar-refractivity contribution in [2.75, 3.05) is 6.54 Å². The number of H-pyrrole nitrogens is 1. The van der Waals surface area contributed by atoms with Gasteiger partial charge in [-0.05, 0) is 19.0 Å². The van der Waals surface area contributed by atoms with Crippen LogP contribution in [0.15, 0.2) is 12.3 Å². The van der Waals surface area contributed by atoms with E-state index in [4.69, 9.17) is 0 Å². The van der Waals surface area contributed by atoms with Crippen LogP contribution >= 0.6 is 0 Å². The molecule has 3 heteroatoms. The third-order valence-electron chi connectivity index (χ3n) is 1.30. The molecule has 0 aliphatic carbocycles. The van der Waals surface area contributed by atoms with Crippen molar-refractivity contribution in [1.29, 1.82) is 0 Å². The summed E-state index contributed by atoms with van der Waals surface area (Å²) in [7, 11) is 0. The summed E-state index contributed by atoms with van der Waals surface area (Å²) in [4.78, 5) is 0. The summed E-state index contributed by atoms with van der Waals surface area (Å²) >= 11 is 0. The summed E-state index contributed by atoms with van der Waals surface area (Å²) in [6.45, 7) is 4.12. The molecule has 0 aliphatic heterocycles. The third kappa shape index (κ3) is 2.19. The summed E-state index contributed by atoms with van der Waals surface area (Å²) in [5.74, 6) is 0. The highest BCUT2D eigenvalue weighted by Crippen LogP contribution is 1.88. The van der Waals surface area contributed by atoms with Gasteiger partial charge in [-0.3, -0.25) is 5.10 Å². The highest BCUT2D eigenvalue weighted by molar-refractivity contribution is 4.96. The first-order valence-corrected chi connectivity index (χ1v) is 3.62. The van der Waals surface area contributed by atoms with Gasteiger partial charge in [-0.2, -0.15) is 5.10 Å². The quantitative estimate of drug-likeness (QED) is 0.609. The number of nitrogens with one attached hydrogen (secondary N) is 2. The Hall–Kier alpha value is -0.830. The van der Waals surface area contributed by atoms with Gasteiger partial charge in [-0.1, -0.05) is 6.92 Å². The minimum absolute atomic E-state index is 0.897. The first-order valence-electron chi connectivity index (χ1n) is 3.62. The van der Waals surface area contributed by atoms with E-state index in [1.165, 1.54) is 6.42 Å². The van der Waals surface area contributed by atoms with Crippen LogP contribution in [0.25, 0.3) is 0 Å². The largest absolute Gasteiger partial charge is 0.311 e. The van der Waals surface area contributed by atoms with E-state index in [1.54, 1.807) is 6.20 Å². The van der Waals surface area contributed by atoms with Crippen molar-refractivity contribution in [3.8, 4) is 0 Å². The monoisotopic (exact) mass is 139 g/mol. The topological polar surface area (TPSA) is 40.7 Å². The van der Waals surface area contributed by atoms with Crippen molar-refractivity contribution in [1.82, 2.24) is 15.5 Å². The van der Waals surface area contributed by atoms with E-state index >= 15 is 0 Å². The predicted molar refractivity (Wildman–Crippen MR) is 40.6 cm³/mol. The first-order chi connectivity index (χ1) is 4.93. The zero-order valence-corrected chi connectivity index (χ0v) is 6.22. The Bertz CT molecular complexity index is 157. The van der Waals surface area contributed by atoms with E-state index in [2.05, 4.69) is 22.4 Å². The Morgan fingerprint density at radius 2 is 2.60 bits per heavy atom. The van der Waals surface area contributed by atoms with Crippen LogP contribution in [0.1, 0.15) is 19.0 Å². The average Bonchev–Trinajstić information content (AvgIpc) is 2.41. The van der Waals surface area contributed by atoms with Crippen molar-refractivity contribution in [3.05, 3.63) is 18.0 Å². The number of hydrogen-bond donors (Lipinski definition) is 2. The maximum atomic E-state index is 3.84. The number of aromatic nitrogens is 2. The summed E-state index contributed by atoms with van der Waals surface area (Å²) in [5, 5.41) is 9.99. The van der Waals surface area contributed by atoms with Gasteiger partial charge in [-0.15, -0.1) is 0 Å². The molecule has 1 rings (SSSR count). The zero-order valence-electron chi connectivity index (χ0n) is 6.22. The summed E-state index contributed by atoms with van der Waals surface area (Å²) in [5.41, 5.74) is 1.15. The number of nitrogens with zero attached hydrogens (tertiary/aromatic N) is 1. The maximum absolute atomic E-state index is 3.84. The number of aromatic amines is 1. The van der Waals surface area contributed by atoms with Gasteiger partial charge in [0.15, 0.2) is 0 Å². The molecule has 0 saturated heterocycles. The molecule has 0 unspecified atom stereocenters. The standard InChI is InChI=1S/C7H13N3/c1-2-4-8-6-7-3-5-9-10-7/h3,5,8H,2,4,6H2,1H3,(H,9,10). The minimum Gasteiger partial charge on any atom is -0.311 e. The van der Waals surface area contributed by atoms with Crippen molar-refractivity contribution < 1.29 is 0 Å². The summed E-state index contributed by atoms with van der Waals surface area (Å²) in [6, 6.07) is 1.97. The van der Waals surface area contributed by atoms with E-state index < -0.39 is 0 Å². The molecule has 0 radical (unpaired) electrons. The molecule has 10 heavy (non-hydrogen) atoms. The molecule has 0 spiro atoms. The summed E-state index contributed by atoms with van der Waals surface area (Å²) in [6.07, 6.45) is 2.94. The Morgan fingerprint density at radius 3 is 3.20 bits per heavy atom. The SMILES string of the molecule is CCCNCc1ccn[nH]1. The van der Waals surface area contributed by atoms with E-state index in [0.717, 1.165) is 18.8 Å². The van der Waals surface area contributed by atoms with Gasteiger partial charge in [0, 0.05) is 18.4 Å². The average molecular weight is 139 g/mol. The van der Waals surface area contributed by atoms with Crippen LogP contribution < -0.4 is 5.32 Å². The molecule has 0 bridgehead atoms. The lowest BCUT2D eigenvalue weighted by Gasteiger charge is -1.97. The fourth-order valence-electron chi connectivity index (χ4n) is 0.783. The second-order valence-electron chi connectivity index (χ2n) is 2.26. The van der Waals surface area contributed by atoms with Crippen LogP contribution in [-0.4, -0.2) is 16.7 Å². The molecular weight excluding hydrogens is 126 g/mol. The molecule has 0 amide bonds. The van der Waals surface area contributed by atoms with Gasteiger partial charge >= 0.3 is 0 Å². The highest BCUT2D eigenvalue weighted by atomic mass is 15.1. The van der Waals surface area contributed by atoms with E-state index in [-0.39, 0.29) is 0 Å². The van der Waals surface area contributed by atoms with Gasteiger partial charge in [0.25, 0.3) is 0 Å². The molecule has 1 aromatic rings. The molecule has 1 heterocycles. The molecular formula is C7H13N3. The second kappa shape index (κ2) is 4.06. The molecule has 2 N–H and O–H groups in total. The first kappa shape index (κ1) is 7.28. The molecule has 0 aromatic carbocycles. The van der Waals surface area contributed by atoms with Crippen LogP contribution in [0.3, 0.4) is 0 Å². The molecule has 0 saturated carbocycles. The predicted octanol–water partition coefficient (Wildman–Crippen LogP) is 0.909. The fourth-order valence-corrected chi connectivity index (χ4v) is 0.783. The van der Waals surface area contributed by atoms with Crippen molar-refractivity contribution in [2.45, 2.75) is 19.9 Å². The van der Waals surface area contributed by atoms with E-state index in [9.17, 15) is 0 Å². The van der Waals surface area contributed by atoms with Crippen LogP contribution in [0.4, 0.5) is 0 Å². The van der Waals surface area contributed by atoms with Gasteiger partial charge in [0.2, 0.25) is 0 Å². The Balaban J connectivity index is 2.15. The number of rotatable bonds is 4. The minimum atomic E-state index is 0.897. The molecule has 56 valence electrons. The molecule has 1 aromatic heterocycles.